The summed E-state index contributed by atoms with van der Waals surface area (Å²) in [5.74, 6) is 0.960. The predicted octanol–water partition coefficient (Wildman–Crippen LogP) is 5.76. The number of hydrogen-bond donors (Lipinski definition) is 1. The number of aryl methyl sites for hydroxylation is 1. The fraction of sp³-hybridized carbons (Fsp3) is 0.600. The second-order valence-corrected chi connectivity index (χ2v) is 7.95. The summed E-state index contributed by atoms with van der Waals surface area (Å²) in [5, 5.41) is 0. The van der Waals surface area contributed by atoms with E-state index in [9.17, 15) is 0 Å². The standard InChI is InChI=1S/C20H30N2S/c1-3-5-6-17-7-11-18(12-8-17)20-15-21-22(23-20)19-13-9-16(4-2)10-14-19/h7-8,11-12,15-16,19,21H,3-6,9-10,13-14H2,1-2H3. The smallest absolute Gasteiger partial charge is 0.0491 e. The van der Waals surface area contributed by atoms with Gasteiger partial charge in [0.05, 0.1) is 0 Å². The molecule has 1 N–H and O–H groups in total. The van der Waals surface area contributed by atoms with E-state index in [1.54, 1.807) is 0 Å². The maximum Gasteiger partial charge on any atom is 0.0491 e. The van der Waals surface area contributed by atoms with Crippen LogP contribution in [0.1, 0.15) is 69.9 Å². The first-order chi connectivity index (χ1) is 11.3. The quantitative estimate of drug-likeness (QED) is 0.667. The van der Waals surface area contributed by atoms with Crippen LogP contribution in [0.5, 0.6) is 0 Å². The molecule has 0 saturated heterocycles. The van der Waals surface area contributed by atoms with E-state index >= 15 is 0 Å². The summed E-state index contributed by atoms with van der Waals surface area (Å²) in [7, 11) is 0. The second-order valence-electron chi connectivity index (χ2n) is 6.94. The van der Waals surface area contributed by atoms with Crippen LogP contribution in [0.4, 0.5) is 0 Å². The van der Waals surface area contributed by atoms with Gasteiger partial charge in [-0.1, -0.05) is 51.0 Å². The van der Waals surface area contributed by atoms with Crippen molar-refractivity contribution < 1.29 is 0 Å². The lowest BCUT2D eigenvalue weighted by molar-refractivity contribution is 0.203. The topological polar surface area (TPSA) is 15.3 Å². The lowest BCUT2D eigenvalue weighted by Crippen LogP contribution is -2.37. The van der Waals surface area contributed by atoms with E-state index < -0.39 is 0 Å². The molecule has 1 fully saturated rings. The highest BCUT2D eigenvalue weighted by atomic mass is 32.2. The molecule has 0 spiro atoms. The van der Waals surface area contributed by atoms with Crippen LogP contribution < -0.4 is 5.43 Å². The van der Waals surface area contributed by atoms with E-state index in [0.717, 1.165) is 5.92 Å². The Bertz CT molecular complexity index is 515. The number of rotatable bonds is 6. The Hall–Kier alpha value is -0.930. The molecule has 126 valence electrons. The molecule has 3 heteroatoms. The molecule has 1 aromatic rings. The highest BCUT2D eigenvalue weighted by molar-refractivity contribution is 8.06. The number of hydrogen-bond acceptors (Lipinski definition) is 3. The van der Waals surface area contributed by atoms with Gasteiger partial charge >= 0.3 is 0 Å². The molecule has 23 heavy (non-hydrogen) atoms. The van der Waals surface area contributed by atoms with Gasteiger partial charge in [0.15, 0.2) is 0 Å². The van der Waals surface area contributed by atoms with Crippen LogP contribution in [0.3, 0.4) is 0 Å². The minimum Gasteiger partial charge on any atom is -0.315 e. The summed E-state index contributed by atoms with van der Waals surface area (Å²) in [6.45, 7) is 4.58. The molecular formula is C20H30N2S. The highest BCUT2D eigenvalue weighted by Gasteiger charge is 2.28. The molecule has 0 radical (unpaired) electrons. The third kappa shape index (κ3) is 4.33. The third-order valence-electron chi connectivity index (χ3n) is 5.30. The SMILES string of the molecule is CCCCc1ccc(C2=CNN(C3CCC(CC)CC3)S2)cc1. The minimum absolute atomic E-state index is 0.681. The molecule has 1 saturated carbocycles. The van der Waals surface area contributed by atoms with Gasteiger partial charge in [0, 0.05) is 17.1 Å². The second kappa shape index (κ2) is 8.25. The van der Waals surface area contributed by atoms with Crippen LogP contribution >= 0.6 is 11.9 Å². The number of hydrazine groups is 1. The van der Waals surface area contributed by atoms with E-state index in [1.807, 2.05) is 11.9 Å². The predicted molar refractivity (Wildman–Crippen MR) is 102 cm³/mol. The van der Waals surface area contributed by atoms with Crippen LogP contribution in [0.15, 0.2) is 30.5 Å². The molecule has 2 aliphatic rings. The average molecular weight is 331 g/mol. The molecule has 1 aliphatic carbocycles. The Morgan fingerprint density at radius 3 is 2.48 bits per heavy atom. The van der Waals surface area contributed by atoms with Crippen molar-refractivity contribution in [2.45, 2.75) is 71.3 Å². The zero-order chi connectivity index (χ0) is 16.1. The van der Waals surface area contributed by atoms with E-state index in [0.29, 0.717) is 6.04 Å². The summed E-state index contributed by atoms with van der Waals surface area (Å²) in [5.41, 5.74) is 6.29. The molecule has 0 unspecified atom stereocenters. The van der Waals surface area contributed by atoms with Crippen LogP contribution in [-0.2, 0) is 6.42 Å². The van der Waals surface area contributed by atoms with Crippen molar-refractivity contribution >= 4 is 16.9 Å². The first-order valence-corrected chi connectivity index (χ1v) is 10.1. The average Bonchev–Trinajstić information content (AvgIpc) is 3.10. The van der Waals surface area contributed by atoms with Crippen molar-refractivity contribution in [2.24, 2.45) is 5.92 Å². The van der Waals surface area contributed by atoms with Gasteiger partial charge in [-0.2, -0.15) is 4.41 Å². The number of unbranched alkanes of at least 4 members (excludes halogenated alkanes) is 1. The van der Waals surface area contributed by atoms with Gasteiger partial charge in [-0.15, -0.1) is 0 Å². The Balaban J connectivity index is 1.53. The molecule has 0 amide bonds. The Labute approximate surface area is 145 Å². The van der Waals surface area contributed by atoms with Gasteiger partial charge < -0.3 is 5.43 Å². The first kappa shape index (κ1) is 16.9. The van der Waals surface area contributed by atoms with Crippen molar-refractivity contribution in [3.05, 3.63) is 41.6 Å². The Kier molecular flexibility index (Phi) is 6.07. The van der Waals surface area contributed by atoms with Crippen LogP contribution in [-0.4, -0.2) is 10.5 Å². The van der Waals surface area contributed by atoms with Gasteiger partial charge in [0.2, 0.25) is 0 Å². The Morgan fingerprint density at radius 1 is 1.09 bits per heavy atom. The van der Waals surface area contributed by atoms with E-state index in [1.165, 1.54) is 67.4 Å². The normalized spacial score (nSPS) is 25.2. The van der Waals surface area contributed by atoms with Crippen LogP contribution in [0.2, 0.25) is 0 Å². The number of benzene rings is 1. The minimum atomic E-state index is 0.681. The van der Waals surface area contributed by atoms with Crippen molar-refractivity contribution in [1.82, 2.24) is 9.84 Å². The zero-order valence-electron chi connectivity index (χ0n) is 14.6. The number of nitrogens with one attached hydrogen (secondary N) is 1. The molecule has 3 rings (SSSR count). The van der Waals surface area contributed by atoms with Crippen molar-refractivity contribution in [2.75, 3.05) is 0 Å². The van der Waals surface area contributed by atoms with E-state index in [-0.39, 0.29) is 0 Å². The summed E-state index contributed by atoms with van der Waals surface area (Å²) >= 11 is 1.89. The van der Waals surface area contributed by atoms with E-state index in [4.69, 9.17) is 0 Å². The van der Waals surface area contributed by atoms with Crippen molar-refractivity contribution in [3.63, 3.8) is 0 Å². The molecule has 0 aromatic heterocycles. The fourth-order valence-electron chi connectivity index (χ4n) is 3.60. The maximum atomic E-state index is 3.49. The van der Waals surface area contributed by atoms with E-state index in [2.05, 4.69) is 54.2 Å². The van der Waals surface area contributed by atoms with Crippen molar-refractivity contribution in [3.8, 4) is 0 Å². The summed E-state index contributed by atoms with van der Waals surface area (Å²) in [6.07, 6.45) is 12.7. The first-order valence-electron chi connectivity index (χ1n) is 9.33. The van der Waals surface area contributed by atoms with Gasteiger partial charge in [-0.25, -0.2) is 0 Å². The molecule has 1 heterocycles. The highest BCUT2D eigenvalue weighted by Crippen LogP contribution is 2.39. The molecule has 0 atom stereocenters. The maximum absolute atomic E-state index is 3.49. The van der Waals surface area contributed by atoms with Gasteiger partial charge in [0.25, 0.3) is 0 Å². The third-order valence-corrected chi connectivity index (χ3v) is 6.45. The molecule has 2 nitrogen and oxygen atoms in total. The molecule has 0 bridgehead atoms. The largest absolute Gasteiger partial charge is 0.315 e. The summed E-state index contributed by atoms with van der Waals surface area (Å²) in [6, 6.07) is 9.83. The molecule has 1 aliphatic heterocycles. The van der Waals surface area contributed by atoms with Crippen LogP contribution in [0, 0.1) is 5.92 Å². The number of nitrogens with zero attached hydrogens (tertiary/aromatic N) is 1. The van der Waals surface area contributed by atoms with Crippen molar-refractivity contribution in [1.29, 1.82) is 0 Å². The summed E-state index contributed by atoms with van der Waals surface area (Å²) < 4.78 is 2.38. The molecular weight excluding hydrogens is 300 g/mol. The Morgan fingerprint density at radius 2 is 1.83 bits per heavy atom. The summed E-state index contributed by atoms with van der Waals surface area (Å²) in [4.78, 5) is 1.35. The monoisotopic (exact) mass is 330 g/mol. The van der Waals surface area contributed by atoms with Crippen LogP contribution in [0.25, 0.3) is 4.91 Å². The molecule has 1 aromatic carbocycles. The van der Waals surface area contributed by atoms with Gasteiger partial charge in [0.1, 0.15) is 0 Å². The lowest BCUT2D eigenvalue weighted by atomic mass is 9.85. The van der Waals surface area contributed by atoms with Gasteiger partial charge in [-0.05, 0) is 67.5 Å². The fourth-order valence-corrected chi connectivity index (χ4v) is 4.63. The lowest BCUT2D eigenvalue weighted by Gasteiger charge is -2.33. The zero-order valence-corrected chi connectivity index (χ0v) is 15.4. The van der Waals surface area contributed by atoms with Gasteiger partial charge in [-0.3, -0.25) is 0 Å².